The number of rotatable bonds is 3. The molecule has 1 N–H and O–H groups in total. The van der Waals surface area contributed by atoms with Gasteiger partial charge in [-0.3, -0.25) is 4.79 Å². The van der Waals surface area contributed by atoms with Crippen molar-refractivity contribution in [1.29, 1.82) is 0 Å². The highest BCUT2D eigenvalue weighted by atomic mass is 35.5. The number of amides is 1. The average molecular weight is 279 g/mol. The van der Waals surface area contributed by atoms with E-state index >= 15 is 0 Å². The number of nitrogens with zero attached hydrogens (tertiary/aromatic N) is 1. The summed E-state index contributed by atoms with van der Waals surface area (Å²) in [5, 5.41) is 3.38. The van der Waals surface area contributed by atoms with E-state index in [9.17, 15) is 4.79 Å². The van der Waals surface area contributed by atoms with Gasteiger partial charge in [-0.15, -0.1) is 0 Å². The Kier molecular flexibility index (Phi) is 3.90. The van der Waals surface area contributed by atoms with Crippen molar-refractivity contribution in [3.05, 3.63) is 46.6 Å². The molecule has 0 saturated heterocycles. The third-order valence-corrected chi connectivity index (χ3v) is 2.87. The van der Waals surface area contributed by atoms with Crippen molar-refractivity contribution in [2.45, 2.75) is 26.7 Å². The molecule has 2 rings (SSSR count). The molecular formula is C14H15ClN2O2. The number of oxazole rings is 1. The summed E-state index contributed by atoms with van der Waals surface area (Å²) in [5.74, 6) is 0.586. The predicted molar refractivity (Wildman–Crippen MR) is 74.7 cm³/mol. The first-order valence-electron chi connectivity index (χ1n) is 6.01. The predicted octanol–water partition coefficient (Wildman–Crippen LogP) is 4.01. The van der Waals surface area contributed by atoms with Gasteiger partial charge in [-0.25, -0.2) is 4.98 Å². The molecule has 0 fully saturated rings. The molecule has 0 aliphatic rings. The van der Waals surface area contributed by atoms with Crippen LogP contribution in [0.3, 0.4) is 0 Å². The van der Waals surface area contributed by atoms with E-state index in [1.54, 1.807) is 31.2 Å². The molecule has 0 aliphatic heterocycles. The maximum Gasteiger partial charge on any atom is 0.293 e. The quantitative estimate of drug-likeness (QED) is 0.923. The Morgan fingerprint density at radius 1 is 1.32 bits per heavy atom. The van der Waals surface area contributed by atoms with E-state index < -0.39 is 0 Å². The second kappa shape index (κ2) is 5.45. The van der Waals surface area contributed by atoms with Crippen molar-refractivity contribution in [2.24, 2.45) is 0 Å². The van der Waals surface area contributed by atoms with Crippen LogP contribution in [0.2, 0.25) is 5.02 Å². The van der Waals surface area contributed by atoms with Crippen LogP contribution in [0.25, 0.3) is 0 Å². The largest absolute Gasteiger partial charge is 0.436 e. The van der Waals surface area contributed by atoms with Gasteiger partial charge in [0.15, 0.2) is 5.89 Å². The Balaban J connectivity index is 2.22. The summed E-state index contributed by atoms with van der Waals surface area (Å²) in [4.78, 5) is 16.4. The summed E-state index contributed by atoms with van der Waals surface area (Å²) in [6, 6.07) is 6.90. The first-order valence-corrected chi connectivity index (χ1v) is 6.39. The van der Waals surface area contributed by atoms with Crippen molar-refractivity contribution in [2.75, 3.05) is 5.32 Å². The molecule has 0 saturated carbocycles. The summed E-state index contributed by atoms with van der Waals surface area (Å²) in [5.41, 5.74) is 1.34. The fourth-order valence-corrected chi connectivity index (χ4v) is 1.84. The Bertz CT molecular complexity index is 588. The maximum absolute atomic E-state index is 12.2. The molecule has 1 aromatic carbocycles. The number of carbonyl (C=O) groups excluding carboxylic acids is 1. The molecule has 0 spiro atoms. The van der Waals surface area contributed by atoms with Crippen LogP contribution in [0, 0.1) is 6.92 Å². The van der Waals surface area contributed by atoms with Crippen LogP contribution in [0.5, 0.6) is 0 Å². The average Bonchev–Trinajstić information content (AvgIpc) is 2.74. The lowest BCUT2D eigenvalue weighted by Gasteiger charge is -2.05. The molecule has 19 heavy (non-hydrogen) atoms. The van der Waals surface area contributed by atoms with Crippen LogP contribution in [-0.4, -0.2) is 10.9 Å². The number of halogens is 1. The van der Waals surface area contributed by atoms with Crippen LogP contribution in [0.15, 0.2) is 28.7 Å². The zero-order valence-electron chi connectivity index (χ0n) is 11.0. The number of carbonyl (C=O) groups is 1. The van der Waals surface area contributed by atoms with E-state index in [1.807, 2.05) is 13.8 Å². The van der Waals surface area contributed by atoms with Crippen LogP contribution in [0.1, 0.15) is 41.9 Å². The monoisotopic (exact) mass is 278 g/mol. The van der Waals surface area contributed by atoms with Crippen LogP contribution >= 0.6 is 11.6 Å². The minimum absolute atomic E-state index is 0.128. The summed E-state index contributed by atoms with van der Waals surface area (Å²) in [7, 11) is 0. The van der Waals surface area contributed by atoms with Crippen LogP contribution < -0.4 is 5.32 Å². The number of anilines is 1. The van der Waals surface area contributed by atoms with E-state index in [1.165, 1.54) is 0 Å². The summed E-state index contributed by atoms with van der Waals surface area (Å²) in [6.07, 6.45) is 0. The highest BCUT2D eigenvalue weighted by Gasteiger charge is 2.21. The van der Waals surface area contributed by atoms with E-state index in [-0.39, 0.29) is 17.6 Å². The Hall–Kier alpha value is -1.81. The fourth-order valence-electron chi connectivity index (χ4n) is 1.72. The standard InChI is InChI=1S/C14H15ClN2O2/c1-8(2)12-13(19-9(3)16-12)14(18)17-11-6-4-10(15)5-7-11/h4-8H,1-3H3,(H,17,18). The van der Waals surface area contributed by atoms with Gasteiger partial charge in [0, 0.05) is 17.6 Å². The number of aryl methyl sites for hydroxylation is 1. The lowest BCUT2D eigenvalue weighted by atomic mass is 10.1. The minimum atomic E-state index is -0.299. The molecule has 0 atom stereocenters. The molecule has 1 aromatic heterocycles. The number of nitrogens with one attached hydrogen (secondary N) is 1. The number of aromatic nitrogens is 1. The van der Waals surface area contributed by atoms with Gasteiger partial charge in [0.2, 0.25) is 5.76 Å². The summed E-state index contributed by atoms with van der Waals surface area (Å²) >= 11 is 5.79. The van der Waals surface area contributed by atoms with Crippen LogP contribution in [0.4, 0.5) is 5.69 Å². The van der Waals surface area contributed by atoms with Crippen molar-refractivity contribution < 1.29 is 9.21 Å². The third kappa shape index (κ3) is 3.15. The Morgan fingerprint density at radius 2 is 1.95 bits per heavy atom. The SMILES string of the molecule is Cc1nc(C(C)C)c(C(=O)Nc2ccc(Cl)cc2)o1. The van der Waals surface area contributed by atoms with Crippen molar-refractivity contribution in [3.63, 3.8) is 0 Å². The molecule has 100 valence electrons. The van der Waals surface area contributed by atoms with Gasteiger partial charge in [0.1, 0.15) is 0 Å². The molecule has 0 radical (unpaired) electrons. The van der Waals surface area contributed by atoms with E-state index in [0.717, 1.165) is 0 Å². The number of benzene rings is 1. The molecule has 2 aromatic rings. The van der Waals surface area contributed by atoms with Gasteiger partial charge in [-0.2, -0.15) is 0 Å². The summed E-state index contributed by atoms with van der Waals surface area (Å²) < 4.78 is 5.38. The van der Waals surface area contributed by atoms with Gasteiger partial charge >= 0.3 is 0 Å². The van der Waals surface area contributed by atoms with Gasteiger partial charge in [-0.05, 0) is 30.2 Å². The van der Waals surface area contributed by atoms with Gasteiger partial charge in [0.05, 0.1) is 5.69 Å². The highest BCUT2D eigenvalue weighted by Crippen LogP contribution is 2.21. The molecular weight excluding hydrogens is 264 g/mol. The molecule has 4 nitrogen and oxygen atoms in total. The van der Waals surface area contributed by atoms with Crippen LogP contribution in [-0.2, 0) is 0 Å². The highest BCUT2D eigenvalue weighted by molar-refractivity contribution is 6.30. The molecule has 0 aliphatic carbocycles. The van der Waals surface area contributed by atoms with E-state index in [4.69, 9.17) is 16.0 Å². The number of hydrogen-bond donors (Lipinski definition) is 1. The van der Waals surface area contributed by atoms with Crippen molar-refractivity contribution >= 4 is 23.2 Å². The molecule has 5 heteroatoms. The lowest BCUT2D eigenvalue weighted by Crippen LogP contribution is -2.13. The first-order chi connectivity index (χ1) is 8.97. The van der Waals surface area contributed by atoms with Gasteiger partial charge < -0.3 is 9.73 Å². The zero-order chi connectivity index (χ0) is 14.0. The topological polar surface area (TPSA) is 55.1 Å². The normalized spacial score (nSPS) is 10.8. The molecule has 1 heterocycles. The lowest BCUT2D eigenvalue weighted by molar-refractivity contribution is 0.0993. The van der Waals surface area contributed by atoms with Crippen molar-refractivity contribution in [1.82, 2.24) is 4.98 Å². The van der Waals surface area contributed by atoms with Gasteiger partial charge in [0.25, 0.3) is 5.91 Å². The van der Waals surface area contributed by atoms with E-state index in [2.05, 4.69) is 10.3 Å². The summed E-state index contributed by atoms with van der Waals surface area (Å²) in [6.45, 7) is 5.66. The second-order valence-corrected chi connectivity index (χ2v) is 5.00. The van der Waals surface area contributed by atoms with Crippen molar-refractivity contribution in [3.8, 4) is 0 Å². The molecule has 1 amide bonds. The first kappa shape index (κ1) is 13.6. The smallest absolute Gasteiger partial charge is 0.293 e. The molecule has 0 unspecified atom stereocenters. The number of hydrogen-bond acceptors (Lipinski definition) is 3. The maximum atomic E-state index is 12.2. The zero-order valence-corrected chi connectivity index (χ0v) is 11.8. The Labute approximate surface area is 116 Å². The molecule has 0 bridgehead atoms. The van der Waals surface area contributed by atoms with E-state index in [0.29, 0.717) is 22.3 Å². The van der Waals surface area contributed by atoms with Gasteiger partial charge in [-0.1, -0.05) is 25.4 Å². The Morgan fingerprint density at radius 3 is 2.53 bits per heavy atom. The third-order valence-electron chi connectivity index (χ3n) is 2.62. The second-order valence-electron chi connectivity index (χ2n) is 4.56. The fraction of sp³-hybridized carbons (Fsp3) is 0.286. The minimum Gasteiger partial charge on any atom is -0.436 e.